The molecular formula is C8H7N5. The summed E-state index contributed by atoms with van der Waals surface area (Å²) < 4.78 is 1.64. The van der Waals surface area contributed by atoms with Crippen molar-refractivity contribution in [3.63, 3.8) is 0 Å². The molecule has 0 fully saturated rings. The lowest BCUT2D eigenvalue weighted by molar-refractivity contribution is 0.821. The van der Waals surface area contributed by atoms with Gasteiger partial charge in [0.2, 0.25) is 0 Å². The Kier molecular flexibility index (Phi) is 1.11. The van der Waals surface area contributed by atoms with E-state index in [1.165, 1.54) is 6.33 Å². The first-order valence-electron chi connectivity index (χ1n) is 3.96. The summed E-state index contributed by atoms with van der Waals surface area (Å²) >= 11 is 0. The average Bonchev–Trinajstić information content (AvgIpc) is 2.79. The quantitative estimate of drug-likeness (QED) is 0.577. The smallest absolute Gasteiger partial charge is 0.184 e. The third-order valence-electron chi connectivity index (χ3n) is 2.01. The molecule has 0 atom stereocenters. The van der Waals surface area contributed by atoms with Crippen LogP contribution in [0.3, 0.4) is 0 Å². The summed E-state index contributed by atoms with van der Waals surface area (Å²) in [5, 5.41) is 6.96. The van der Waals surface area contributed by atoms with E-state index >= 15 is 0 Å². The van der Waals surface area contributed by atoms with Crippen molar-refractivity contribution in [3.05, 3.63) is 30.9 Å². The van der Waals surface area contributed by atoms with Gasteiger partial charge in [-0.3, -0.25) is 5.10 Å². The van der Waals surface area contributed by atoms with E-state index in [2.05, 4.69) is 20.2 Å². The lowest BCUT2D eigenvalue weighted by atomic mass is 10.2. The number of hydrogen-bond acceptors (Lipinski definition) is 2. The number of aromatic amines is 2. The van der Waals surface area contributed by atoms with E-state index in [1.807, 2.05) is 24.5 Å². The van der Waals surface area contributed by atoms with Crippen molar-refractivity contribution in [2.24, 2.45) is 0 Å². The Hall–Kier alpha value is -2.04. The van der Waals surface area contributed by atoms with E-state index in [4.69, 9.17) is 0 Å². The van der Waals surface area contributed by atoms with E-state index in [0.717, 1.165) is 16.9 Å². The molecule has 0 aliphatic rings. The van der Waals surface area contributed by atoms with Gasteiger partial charge in [0.1, 0.15) is 6.33 Å². The number of aromatic nitrogens is 5. The highest BCUT2D eigenvalue weighted by atomic mass is 15.4. The predicted molar refractivity (Wildman–Crippen MR) is 47.1 cm³/mol. The monoisotopic (exact) mass is 173 g/mol. The Morgan fingerprint density at radius 2 is 2.38 bits per heavy atom. The Labute approximate surface area is 73.4 Å². The molecule has 0 bridgehead atoms. The maximum atomic E-state index is 4.14. The van der Waals surface area contributed by atoms with Crippen LogP contribution in [-0.4, -0.2) is 24.8 Å². The number of rotatable bonds is 1. The van der Waals surface area contributed by atoms with Crippen LogP contribution in [0.25, 0.3) is 16.9 Å². The van der Waals surface area contributed by atoms with Gasteiger partial charge in [-0.1, -0.05) is 0 Å². The number of hydrogen-bond donors (Lipinski definition) is 2. The third kappa shape index (κ3) is 0.807. The minimum absolute atomic E-state index is 0.836. The highest BCUT2D eigenvalue weighted by Crippen LogP contribution is 2.19. The van der Waals surface area contributed by atoms with Crippen molar-refractivity contribution >= 4 is 5.65 Å². The first kappa shape index (κ1) is 6.47. The van der Waals surface area contributed by atoms with E-state index < -0.39 is 0 Å². The zero-order valence-electron chi connectivity index (χ0n) is 6.73. The lowest BCUT2D eigenvalue weighted by Gasteiger charge is -1.88. The first-order chi connectivity index (χ1) is 6.45. The Bertz CT molecular complexity index is 515. The molecule has 0 amide bonds. The predicted octanol–water partition coefficient (Wildman–Crippen LogP) is 1.05. The molecule has 13 heavy (non-hydrogen) atoms. The van der Waals surface area contributed by atoms with Crippen molar-refractivity contribution in [2.75, 3.05) is 0 Å². The molecule has 0 unspecified atom stereocenters. The Morgan fingerprint density at radius 3 is 3.23 bits per heavy atom. The highest BCUT2D eigenvalue weighted by molar-refractivity contribution is 5.73. The molecule has 64 valence electrons. The number of nitrogens with one attached hydrogen (secondary N) is 2. The van der Waals surface area contributed by atoms with Crippen LogP contribution in [0.15, 0.2) is 30.9 Å². The Balaban J connectivity index is 2.33. The maximum Gasteiger partial charge on any atom is 0.184 e. The molecule has 0 aliphatic carbocycles. The van der Waals surface area contributed by atoms with Crippen LogP contribution >= 0.6 is 0 Å². The van der Waals surface area contributed by atoms with Gasteiger partial charge in [-0.05, 0) is 12.1 Å². The molecule has 3 aromatic heterocycles. The molecule has 0 spiro atoms. The molecule has 3 rings (SSSR count). The number of fused-ring (bicyclic) bond motifs is 1. The van der Waals surface area contributed by atoms with Crippen molar-refractivity contribution in [3.8, 4) is 11.3 Å². The third-order valence-corrected chi connectivity index (χ3v) is 2.01. The van der Waals surface area contributed by atoms with Crippen LogP contribution in [0, 0.1) is 0 Å². The van der Waals surface area contributed by atoms with Gasteiger partial charge in [0.25, 0.3) is 0 Å². The van der Waals surface area contributed by atoms with Gasteiger partial charge in [0, 0.05) is 12.4 Å². The van der Waals surface area contributed by atoms with E-state index in [-0.39, 0.29) is 0 Å². The summed E-state index contributed by atoms with van der Waals surface area (Å²) in [5.74, 6) is 0. The fraction of sp³-hybridized carbons (Fsp3) is 0. The van der Waals surface area contributed by atoms with Crippen molar-refractivity contribution in [2.45, 2.75) is 0 Å². The van der Waals surface area contributed by atoms with Crippen LogP contribution < -0.4 is 0 Å². The summed E-state index contributed by atoms with van der Waals surface area (Å²) in [6.45, 7) is 0. The molecule has 0 radical (unpaired) electrons. The van der Waals surface area contributed by atoms with Crippen LogP contribution in [0.1, 0.15) is 0 Å². The van der Waals surface area contributed by atoms with E-state index in [0.29, 0.717) is 0 Å². The average molecular weight is 173 g/mol. The van der Waals surface area contributed by atoms with Gasteiger partial charge in [-0.2, -0.15) is 4.63 Å². The van der Waals surface area contributed by atoms with Crippen molar-refractivity contribution in [1.29, 1.82) is 0 Å². The van der Waals surface area contributed by atoms with Gasteiger partial charge < -0.3 is 4.98 Å². The van der Waals surface area contributed by atoms with Crippen LogP contribution in [0.5, 0.6) is 0 Å². The van der Waals surface area contributed by atoms with Gasteiger partial charge in [-0.25, -0.2) is 4.98 Å². The molecule has 0 saturated carbocycles. The highest BCUT2D eigenvalue weighted by Gasteiger charge is 2.07. The second-order valence-electron chi connectivity index (χ2n) is 2.77. The summed E-state index contributed by atoms with van der Waals surface area (Å²) in [6.07, 6.45) is 5.29. The van der Waals surface area contributed by atoms with Crippen LogP contribution in [0.2, 0.25) is 0 Å². The van der Waals surface area contributed by atoms with Crippen LogP contribution in [-0.2, 0) is 0 Å². The van der Waals surface area contributed by atoms with Gasteiger partial charge in [0.15, 0.2) is 5.65 Å². The number of H-pyrrole nitrogens is 2. The fourth-order valence-corrected chi connectivity index (χ4v) is 1.41. The lowest BCUT2D eigenvalue weighted by Crippen LogP contribution is -1.82. The molecule has 2 N–H and O–H groups in total. The van der Waals surface area contributed by atoms with Crippen molar-refractivity contribution < 1.29 is 0 Å². The summed E-state index contributed by atoms with van der Waals surface area (Å²) in [6, 6.07) is 3.95. The van der Waals surface area contributed by atoms with Gasteiger partial charge >= 0.3 is 0 Å². The second kappa shape index (κ2) is 2.22. The zero-order chi connectivity index (χ0) is 8.67. The molecule has 0 saturated heterocycles. The summed E-state index contributed by atoms with van der Waals surface area (Å²) in [5.41, 5.74) is 2.91. The topological polar surface area (TPSA) is 61.8 Å². The zero-order valence-corrected chi connectivity index (χ0v) is 6.73. The van der Waals surface area contributed by atoms with Crippen molar-refractivity contribution in [1.82, 2.24) is 24.8 Å². The molecule has 3 aromatic rings. The first-order valence-corrected chi connectivity index (χ1v) is 3.96. The van der Waals surface area contributed by atoms with Gasteiger partial charge in [0.05, 0.1) is 11.3 Å². The Morgan fingerprint density at radius 1 is 1.38 bits per heavy atom. The minimum Gasteiger partial charge on any atom is -0.361 e. The molecule has 0 aliphatic heterocycles. The fourth-order valence-electron chi connectivity index (χ4n) is 1.41. The SMILES string of the molecule is c1c[nH]c(-c2c[nH]n3ncnc23)c1. The molecule has 5 nitrogen and oxygen atoms in total. The van der Waals surface area contributed by atoms with Gasteiger partial charge in [-0.15, -0.1) is 5.10 Å². The standard InChI is InChI=1S/C8H7N5/c1-2-7(9-3-1)6-4-11-13-8(6)10-5-12-13/h1-5,9,11H. The largest absolute Gasteiger partial charge is 0.361 e. The minimum atomic E-state index is 0.836. The molecule has 0 aromatic carbocycles. The second-order valence-corrected chi connectivity index (χ2v) is 2.77. The molecular weight excluding hydrogens is 166 g/mol. The summed E-state index contributed by atoms with van der Waals surface area (Å²) in [7, 11) is 0. The van der Waals surface area contributed by atoms with E-state index in [1.54, 1.807) is 4.63 Å². The number of nitrogens with zero attached hydrogens (tertiary/aromatic N) is 3. The van der Waals surface area contributed by atoms with E-state index in [9.17, 15) is 0 Å². The van der Waals surface area contributed by atoms with Crippen LogP contribution in [0.4, 0.5) is 0 Å². The summed E-state index contributed by atoms with van der Waals surface area (Å²) in [4.78, 5) is 7.26. The molecule has 5 heteroatoms. The maximum absolute atomic E-state index is 4.14. The normalized spacial score (nSPS) is 11.1. The molecule has 3 heterocycles.